The van der Waals surface area contributed by atoms with Crippen LogP contribution in [0.4, 0.5) is 17.1 Å². The molecule has 0 radical (unpaired) electrons. The summed E-state index contributed by atoms with van der Waals surface area (Å²) < 4.78 is 26.7. The molecule has 14 aromatic rings. The first-order valence-corrected chi connectivity index (χ1v) is 32.7. The highest BCUT2D eigenvalue weighted by molar-refractivity contribution is 6.99. The van der Waals surface area contributed by atoms with Gasteiger partial charge in [-0.3, -0.25) is 0 Å². The van der Waals surface area contributed by atoms with E-state index in [1.807, 2.05) is 0 Å². The average molecular weight is 1190 g/mol. The van der Waals surface area contributed by atoms with E-state index in [1.54, 1.807) is 0 Å². The summed E-state index contributed by atoms with van der Waals surface area (Å²) in [6.45, 7) is 16.3. The molecule has 0 unspecified atom stereocenters. The molecule has 12 aromatic carbocycles. The number of ether oxygens (including phenoxy) is 3. The van der Waals surface area contributed by atoms with Crippen LogP contribution in [0.15, 0.2) is 243 Å². The van der Waals surface area contributed by atoms with Crippen LogP contribution in [0.3, 0.4) is 0 Å². The maximum atomic E-state index is 7.62. The summed E-state index contributed by atoms with van der Waals surface area (Å²) in [5.74, 6) is 4.97. The van der Waals surface area contributed by atoms with Crippen molar-refractivity contribution in [2.24, 2.45) is 0 Å². The molecule has 5 aliphatic rings. The van der Waals surface area contributed by atoms with Gasteiger partial charge in [-0.25, -0.2) is 0 Å². The molecule has 6 heterocycles. The van der Waals surface area contributed by atoms with Crippen molar-refractivity contribution in [1.82, 2.24) is 9.13 Å². The van der Waals surface area contributed by atoms with Crippen LogP contribution in [0.1, 0.15) is 78.0 Å². The molecule has 0 amide bonds. The van der Waals surface area contributed by atoms with Crippen LogP contribution in [0, 0.1) is 0 Å². The third-order valence-corrected chi connectivity index (χ3v) is 21.3. The predicted molar refractivity (Wildman–Crippen MR) is 384 cm³/mol. The van der Waals surface area contributed by atoms with Crippen LogP contribution in [-0.2, 0) is 16.2 Å². The minimum Gasteiger partial charge on any atom is -0.458 e. The van der Waals surface area contributed by atoms with E-state index < -0.39 is 0 Å². The van der Waals surface area contributed by atoms with Gasteiger partial charge in [0.15, 0.2) is 0 Å². The Labute approximate surface area is 537 Å². The largest absolute Gasteiger partial charge is 0.458 e. The van der Waals surface area contributed by atoms with Crippen LogP contribution in [0.2, 0.25) is 0 Å². The summed E-state index contributed by atoms with van der Waals surface area (Å²) >= 11 is 0. The van der Waals surface area contributed by atoms with Gasteiger partial charge in [-0.05, 0) is 186 Å². The van der Waals surface area contributed by atoms with Gasteiger partial charge in [-0.15, -0.1) is 0 Å². The monoisotopic (exact) mass is 1190 g/mol. The van der Waals surface area contributed by atoms with E-state index in [0.29, 0.717) is 0 Å². The number of fused-ring (bicyclic) bond motifs is 15. The first kappa shape index (κ1) is 53.4. The highest BCUT2D eigenvalue weighted by atomic mass is 16.5. The lowest BCUT2D eigenvalue weighted by molar-refractivity contribution is 0.333. The zero-order chi connectivity index (χ0) is 61.7. The second-order valence-electron chi connectivity index (χ2n) is 28.6. The first-order valence-electron chi connectivity index (χ1n) is 32.7. The Balaban J connectivity index is 0.860. The molecule has 0 fully saturated rings. The fourth-order valence-electron chi connectivity index (χ4n) is 16.7. The van der Waals surface area contributed by atoms with E-state index in [2.05, 4.69) is 305 Å². The van der Waals surface area contributed by atoms with Gasteiger partial charge in [0.25, 0.3) is 13.4 Å². The quantitative estimate of drug-likeness (QED) is 0.161. The molecule has 19 rings (SSSR count). The lowest BCUT2D eigenvalue weighted by atomic mass is 9.34. The zero-order valence-corrected chi connectivity index (χ0v) is 52.7. The number of anilines is 3. The van der Waals surface area contributed by atoms with Crippen molar-refractivity contribution < 1.29 is 14.2 Å². The SMILES string of the molecule is CC(C)(C)c1ccc2c(c1)Oc1cc(-c3cc4c5c(c3)N(c3ccc(-c6cccc7c6C(C)(C)CCC7(C)C)cc3)c3cc(-n6c7ccccc7c7ccccc76)ccc3B5c3ccc(-n5c6ccccc6c6ccccc65)cc3O4)cc3c1B2c1ccccc1O3. The van der Waals surface area contributed by atoms with Gasteiger partial charge < -0.3 is 28.2 Å². The number of nitrogens with zero attached hydrogens (tertiary/aromatic N) is 3. The zero-order valence-electron chi connectivity index (χ0n) is 52.7. The average Bonchev–Trinajstić information content (AvgIpc) is 0.870. The summed E-state index contributed by atoms with van der Waals surface area (Å²) in [6, 6.07) is 90.1. The first-order chi connectivity index (χ1) is 44.7. The second-order valence-corrected chi connectivity index (χ2v) is 28.6. The van der Waals surface area contributed by atoms with E-state index in [4.69, 9.17) is 14.2 Å². The van der Waals surface area contributed by atoms with E-state index in [9.17, 15) is 0 Å². The molecular weight excluding hydrogens is 1120 g/mol. The molecule has 0 saturated heterocycles. The fraction of sp³-hybridized carbons (Fsp3) is 0.143. The van der Waals surface area contributed by atoms with Crippen molar-refractivity contribution in [2.45, 2.75) is 77.6 Å². The lowest BCUT2D eigenvalue weighted by Crippen LogP contribution is -2.59. The normalized spacial score (nSPS) is 15.2. The maximum Gasteiger partial charge on any atom is 0.260 e. The Morgan fingerprint density at radius 3 is 1.46 bits per heavy atom. The van der Waals surface area contributed by atoms with Crippen molar-refractivity contribution in [2.75, 3.05) is 4.90 Å². The van der Waals surface area contributed by atoms with Gasteiger partial charge >= 0.3 is 0 Å². The number of hydrogen-bond donors (Lipinski definition) is 0. The molecule has 0 N–H and O–H groups in total. The molecule has 92 heavy (non-hydrogen) atoms. The molecule has 0 saturated carbocycles. The number of para-hydroxylation sites is 5. The molecule has 440 valence electrons. The van der Waals surface area contributed by atoms with Gasteiger partial charge in [-0.1, -0.05) is 194 Å². The summed E-state index contributed by atoms with van der Waals surface area (Å²) in [6.07, 6.45) is 2.30. The lowest BCUT2D eigenvalue weighted by Gasteiger charge is -2.43. The van der Waals surface area contributed by atoms with Crippen LogP contribution >= 0.6 is 0 Å². The summed E-state index contributed by atoms with van der Waals surface area (Å²) in [5, 5.41) is 4.89. The second kappa shape index (κ2) is 19.1. The molecule has 0 spiro atoms. The van der Waals surface area contributed by atoms with Gasteiger partial charge in [0.2, 0.25) is 0 Å². The van der Waals surface area contributed by atoms with Gasteiger partial charge in [-0.2, -0.15) is 0 Å². The predicted octanol–water partition coefficient (Wildman–Crippen LogP) is 18.0. The summed E-state index contributed by atoms with van der Waals surface area (Å²) in [7, 11) is 0. The Morgan fingerprint density at radius 1 is 0.359 bits per heavy atom. The number of aromatic nitrogens is 2. The van der Waals surface area contributed by atoms with Crippen molar-refractivity contribution >= 4 is 107 Å². The molecule has 2 aromatic heterocycles. The minimum atomic E-state index is -0.189. The van der Waals surface area contributed by atoms with Gasteiger partial charge in [0.05, 0.1) is 22.1 Å². The van der Waals surface area contributed by atoms with Crippen molar-refractivity contribution in [3.63, 3.8) is 0 Å². The topological polar surface area (TPSA) is 40.8 Å². The fourth-order valence-corrected chi connectivity index (χ4v) is 16.7. The molecule has 8 heteroatoms. The Hall–Kier alpha value is -10.4. The maximum absolute atomic E-state index is 7.62. The highest BCUT2D eigenvalue weighted by Gasteiger charge is 2.45. The van der Waals surface area contributed by atoms with E-state index in [-0.39, 0.29) is 29.7 Å². The van der Waals surface area contributed by atoms with Crippen molar-refractivity contribution in [3.8, 4) is 68.1 Å². The third kappa shape index (κ3) is 7.70. The van der Waals surface area contributed by atoms with E-state index in [1.165, 1.54) is 65.9 Å². The van der Waals surface area contributed by atoms with E-state index >= 15 is 0 Å². The summed E-state index contributed by atoms with van der Waals surface area (Å²) in [5.41, 5.74) is 25.4. The molecule has 6 nitrogen and oxygen atoms in total. The molecule has 1 aliphatic carbocycles. The molecule has 4 aliphatic heterocycles. The van der Waals surface area contributed by atoms with Crippen molar-refractivity contribution in [3.05, 3.63) is 259 Å². The van der Waals surface area contributed by atoms with Crippen LogP contribution in [-0.4, -0.2) is 22.6 Å². The summed E-state index contributed by atoms with van der Waals surface area (Å²) in [4.78, 5) is 2.52. The van der Waals surface area contributed by atoms with Crippen molar-refractivity contribution in [1.29, 1.82) is 0 Å². The molecule has 0 bridgehead atoms. The molecule has 0 atom stereocenters. The number of benzene rings is 12. The van der Waals surface area contributed by atoms with Crippen LogP contribution in [0.5, 0.6) is 34.5 Å². The van der Waals surface area contributed by atoms with Gasteiger partial charge in [0, 0.05) is 61.5 Å². The van der Waals surface area contributed by atoms with Crippen LogP contribution in [0.25, 0.3) is 77.2 Å². The highest BCUT2D eigenvalue weighted by Crippen LogP contribution is 2.51. The molecular formula is C84H65B2N3O3. The van der Waals surface area contributed by atoms with E-state index in [0.717, 1.165) is 125 Å². The van der Waals surface area contributed by atoms with Gasteiger partial charge in [0.1, 0.15) is 34.5 Å². The Morgan fingerprint density at radius 2 is 0.837 bits per heavy atom. The number of hydrogen-bond acceptors (Lipinski definition) is 4. The number of rotatable bonds is 5. The Kier molecular flexibility index (Phi) is 11.1. The smallest absolute Gasteiger partial charge is 0.260 e. The Bertz CT molecular complexity index is 5420. The minimum absolute atomic E-state index is 0.0263. The van der Waals surface area contributed by atoms with Crippen LogP contribution < -0.4 is 51.9 Å². The standard InChI is InChI=1S/C84H65B2N3O3/c1-82(2,3)53-33-38-65-74(47-53)91-78-46-52(45-77-81(78)86(65)64-25-12-17-30-73(64)90-77)51-43-72-80-76(44-51)92-75-49-56(89-69-28-15-10-21-60(69)61-22-11-16-29-70(61)89)37-40-66(75)85(80)63-39-36-55(88-67-26-13-8-19-58(67)59-20-9-14-27-68(59)88)48-71(63)87(72)54-34-31-50(32-35-54)57-23-18-24-62-79(57)84(6,7)42-41-83(62,4)5/h8-40,43-49H,41-42H2,1-7H3. The third-order valence-electron chi connectivity index (χ3n) is 21.3.